The minimum absolute atomic E-state index is 0.111. The van der Waals surface area contributed by atoms with E-state index in [0.29, 0.717) is 11.3 Å². The summed E-state index contributed by atoms with van der Waals surface area (Å²) in [4.78, 5) is 23.8. The Morgan fingerprint density at radius 2 is 2.33 bits per heavy atom. The van der Waals surface area contributed by atoms with Crippen molar-refractivity contribution in [1.29, 1.82) is 0 Å². The lowest BCUT2D eigenvalue weighted by atomic mass is 10.2. The molecular formula is C9H8N2O4. The van der Waals surface area contributed by atoms with Gasteiger partial charge in [0.05, 0.1) is 10.6 Å². The number of rotatable bonds is 3. The summed E-state index contributed by atoms with van der Waals surface area (Å²) < 4.78 is 0. The number of hydrogen-bond donors (Lipinski definition) is 1. The zero-order valence-corrected chi connectivity index (χ0v) is 7.88. The van der Waals surface area contributed by atoms with E-state index in [1.54, 1.807) is 6.92 Å². The molecule has 78 valence electrons. The van der Waals surface area contributed by atoms with Gasteiger partial charge in [0.1, 0.15) is 6.20 Å². The molecule has 1 aromatic heterocycles. The lowest BCUT2D eigenvalue weighted by molar-refractivity contribution is -0.385. The van der Waals surface area contributed by atoms with Crippen LogP contribution in [-0.2, 0) is 4.79 Å². The highest BCUT2D eigenvalue weighted by molar-refractivity contribution is 5.85. The first-order valence-corrected chi connectivity index (χ1v) is 4.03. The van der Waals surface area contributed by atoms with Gasteiger partial charge in [0, 0.05) is 12.1 Å². The van der Waals surface area contributed by atoms with Gasteiger partial charge in [-0.1, -0.05) is 0 Å². The smallest absolute Gasteiger partial charge is 0.328 e. The van der Waals surface area contributed by atoms with Gasteiger partial charge in [-0.05, 0) is 18.6 Å². The third kappa shape index (κ3) is 2.87. The lowest BCUT2D eigenvalue weighted by Crippen LogP contribution is -1.94. The van der Waals surface area contributed by atoms with Crippen molar-refractivity contribution in [3.63, 3.8) is 0 Å². The van der Waals surface area contributed by atoms with Crippen LogP contribution in [0.25, 0.3) is 6.08 Å². The maximum atomic E-state index is 10.4. The Kier molecular flexibility index (Phi) is 3.12. The van der Waals surface area contributed by atoms with Crippen LogP contribution < -0.4 is 0 Å². The van der Waals surface area contributed by atoms with Crippen molar-refractivity contribution in [2.24, 2.45) is 0 Å². The number of carbonyl (C=O) groups is 1. The number of carboxylic acids is 1. The Labute approximate surface area is 85.0 Å². The molecule has 1 rings (SSSR count). The topological polar surface area (TPSA) is 93.3 Å². The Morgan fingerprint density at radius 1 is 1.67 bits per heavy atom. The standard InChI is InChI=1S/C9H8N2O4/c1-6-4-7(11(14)15)5-10-8(6)2-3-9(12)13/h2-5H,1H3,(H,12,13). The van der Waals surface area contributed by atoms with Crippen LogP contribution >= 0.6 is 0 Å². The Hall–Kier alpha value is -2.24. The zero-order chi connectivity index (χ0) is 11.4. The van der Waals surface area contributed by atoms with Gasteiger partial charge in [-0.25, -0.2) is 9.78 Å². The molecule has 0 aliphatic heterocycles. The summed E-state index contributed by atoms with van der Waals surface area (Å²) in [5, 5.41) is 18.8. The van der Waals surface area contributed by atoms with Crippen LogP contribution in [-0.4, -0.2) is 21.0 Å². The highest BCUT2D eigenvalue weighted by Crippen LogP contribution is 2.14. The van der Waals surface area contributed by atoms with Crippen LogP contribution in [0.3, 0.4) is 0 Å². The highest BCUT2D eigenvalue weighted by atomic mass is 16.6. The average Bonchev–Trinajstić information content (AvgIpc) is 2.15. The normalized spacial score (nSPS) is 10.5. The molecule has 0 fully saturated rings. The lowest BCUT2D eigenvalue weighted by Gasteiger charge is -1.97. The SMILES string of the molecule is Cc1cc([N+](=O)[O-])cnc1C=CC(=O)O. The summed E-state index contributed by atoms with van der Waals surface area (Å²) in [5.74, 6) is -1.09. The number of nitro groups is 1. The van der Waals surface area contributed by atoms with E-state index in [1.165, 1.54) is 12.1 Å². The van der Waals surface area contributed by atoms with Crippen LogP contribution in [0.1, 0.15) is 11.3 Å². The van der Waals surface area contributed by atoms with E-state index in [2.05, 4.69) is 4.98 Å². The predicted octanol–water partition coefficient (Wildman–Crippen LogP) is 1.40. The van der Waals surface area contributed by atoms with Gasteiger partial charge >= 0.3 is 5.97 Å². The molecular weight excluding hydrogens is 200 g/mol. The van der Waals surface area contributed by atoms with Crippen molar-refractivity contribution in [2.75, 3.05) is 0 Å². The molecule has 0 radical (unpaired) electrons. The van der Waals surface area contributed by atoms with Gasteiger partial charge < -0.3 is 5.11 Å². The van der Waals surface area contributed by atoms with Crippen LogP contribution in [0.5, 0.6) is 0 Å². The van der Waals surface area contributed by atoms with Gasteiger partial charge in [0.15, 0.2) is 0 Å². The van der Waals surface area contributed by atoms with Gasteiger partial charge in [0.25, 0.3) is 5.69 Å². The molecule has 1 aromatic rings. The van der Waals surface area contributed by atoms with E-state index in [1.807, 2.05) is 0 Å². The fourth-order valence-corrected chi connectivity index (χ4v) is 0.995. The van der Waals surface area contributed by atoms with E-state index < -0.39 is 10.9 Å². The first-order chi connectivity index (χ1) is 7.00. The second-order valence-electron chi connectivity index (χ2n) is 2.82. The molecule has 0 aromatic carbocycles. The second-order valence-corrected chi connectivity index (χ2v) is 2.82. The Balaban J connectivity index is 3.03. The molecule has 0 aliphatic rings. The van der Waals surface area contributed by atoms with Crippen molar-refractivity contribution in [2.45, 2.75) is 6.92 Å². The summed E-state index contributed by atoms with van der Waals surface area (Å²) >= 11 is 0. The van der Waals surface area contributed by atoms with E-state index in [-0.39, 0.29) is 5.69 Å². The van der Waals surface area contributed by atoms with Crippen LogP contribution in [0, 0.1) is 17.0 Å². The molecule has 1 heterocycles. The molecule has 0 unspecified atom stereocenters. The average molecular weight is 208 g/mol. The number of aryl methyl sites for hydroxylation is 1. The molecule has 0 amide bonds. The number of carboxylic acid groups (broad SMARTS) is 1. The van der Waals surface area contributed by atoms with Crippen molar-refractivity contribution < 1.29 is 14.8 Å². The quantitative estimate of drug-likeness (QED) is 0.460. The summed E-state index contributed by atoms with van der Waals surface area (Å²) in [6, 6.07) is 1.34. The fourth-order valence-electron chi connectivity index (χ4n) is 0.995. The number of aromatic nitrogens is 1. The molecule has 0 atom stereocenters. The van der Waals surface area contributed by atoms with E-state index in [0.717, 1.165) is 12.3 Å². The molecule has 0 bridgehead atoms. The van der Waals surface area contributed by atoms with Crippen molar-refractivity contribution in [3.8, 4) is 0 Å². The minimum atomic E-state index is -1.09. The largest absolute Gasteiger partial charge is 0.478 e. The number of nitrogens with zero attached hydrogens (tertiary/aromatic N) is 2. The summed E-state index contributed by atoms with van der Waals surface area (Å²) in [7, 11) is 0. The van der Waals surface area contributed by atoms with Gasteiger partial charge in [-0.15, -0.1) is 0 Å². The molecule has 0 aliphatic carbocycles. The van der Waals surface area contributed by atoms with Crippen molar-refractivity contribution in [1.82, 2.24) is 4.98 Å². The molecule has 15 heavy (non-hydrogen) atoms. The number of pyridine rings is 1. The van der Waals surface area contributed by atoms with Crippen LogP contribution in [0.4, 0.5) is 5.69 Å². The third-order valence-corrected chi connectivity index (χ3v) is 1.70. The van der Waals surface area contributed by atoms with Gasteiger partial charge in [-0.3, -0.25) is 10.1 Å². The van der Waals surface area contributed by atoms with Crippen LogP contribution in [0.15, 0.2) is 18.3 Å². The van der Waals surface area contributed by atoms with Gasteiger partial charge in [-0.2, -0.15) is 0 Å². The maximum Gasteiger partial charge on any atom is 0.328 e. The summed E-state index contributed by atoms with van der Waals surface area (Å²) in [5.41, 5.74) is 0.852. The summed E-state index contributed by atoms with van der Waals surface area (Å²) in [6.45, 7) is 1.63. The van der Waals surface area contributed by atoms with Gasteiger partial charge in [0.2, 0.25) is 0 Å². The molecule has 0 spiro atoms. The van der Waals surface area contributed by atoms with E-state index >= 15 is 0 Å². The second kappa shape index (κ2) is 4.32. The first kappa shape index (κ1) is 10.8. The molecule has 0 saturated heterocycles. The van der Waals surface area contributed by atoms with Crippen molar-refractivity contribution in [3.05, 3.63) is 39.7 Å². The zero-order valence-electron chi connectivity index (χ0n) is 7.88. The minimum Gasteiger partial charge on any atom is -0.478 e. The van der Waals surface area contributed by atoms with Crippen LogP contribution in [0.2, 0.25) is 0 Å². The molecule has 6 nitrogen and oxygen atoms in total. The van der Waals surface area contributed by atoms with E-state index in [9.17, 15) is 14.9 Å². The number of aliphatic carboxylic acids is 1. The van der Waals surface area contributed by atoms with E-state index in [4.69, 9.17) is 5.11 Å². The summed E-state index contributed by atoms with van der Waals surface area (Å²) in [6.07, 6.45) is 3.32. The monoisotopic (exact) mass is 208 g/mol. The predicted molar refractivity (Wildman–Crippen MR) is 52.3 cm³/mol. The highest BCUT2D eigenvalue weighted by Gasteiger charge is 2.07. The number of hydrogen-bond acceptors (Lipinski definition) is 4. The fraction of sp³-hybridized carbons (Fsp3) is 0.111. The maximum absolute atomic E-state index is 10.4. The Bertz CT molecular complexity index is 440. The van der Waals surface area contributed by atoms with Crippen molar-refractivity contribution >= 4 is 17.7 Å². The molecule has 1 N–H and O–H groups in total. The molecule has 0 saturated carbocycles. The molecule has 6 heteroatoms. The Morgan fingerprint density at radius 3 is 2.80 bits per heavy atom. The third-order valence-electron chi connectivity index (χ3n) is 1.70. The first-order valence-electron chi connectivity index (χ1n) is 4.03.